The van der Waals surface area contributed by atoms with Crippen LogP contribution in [0.1, 0.15) is 19.4 Å². The third kappa shape index (κ3) is 8.10. The van der Waals surface area contributed by atoms with Crippen LogP contribution in [0.4, 0.5) is 15.8 Å². The lowest BCUT2D eigenvalue weighted by Crippen LogP contribution is -2.40. The summed E-state index contributed by atoms with van der Waals surface area (Å²) in [6.07, 6.45) is 0. The molecule has 0 aliphatic carbocycles. The predicted molar refractivity (Wildman–Crippen MR) is 110 cm³/mol. The van der Waals surface area contributed by atoms with Crippen molar-refractivity contribution in [1.29, 1.82) is 0 Å². The summed E-state index contributed by atoms with van der Waals surface area (Å²) in [4.78, 5) is 37.1. The average Bonchev–Trinajstić information content (AvgIpc) is 2.68. The van der Waals surface area contributed by atoms with Crippen molar-refractivity contribution in [2.75, 3.05) is 30.3 Å². The Morgan fingerprint density at radius 1 is 0.862 bits per heavy atom. The summed E-state index contributed by atoms with van der Waals surface area (Å²) in [5, 5.41) is 8.17. The van der Waals surface area contributed by atoms with Crippen LogP contribution in [0, 0.1) is 5.82 Å². The standard InChI is InChI=1S/C21H25FN4O3/c1-3-26(13-20(28)23-12-16-4-6-17(22)7-5-16)14-21(29)25-19-10-8-18(9-11-19)24-15(2)27/h4-11H,3,12-14H2,1-2H3,(H,23,28)(H,24,27)(H,25,29). The summed E-state index contributed by atoms with van der Waals surface area (Å²) in [6.45, 7) is 4.25. The maximum atomic E-state index is 12.9. The van der Waals surface area contributed by atoms with Crippen LogP contribution in [0.15, 0.2) is 48.5 Å². The number of hydrogen-bond donors (Lipinski definition) is 3. The van der Waals surface area contributed by atoms with E-state index in [4.69, 9.17) is 0 Å². The summed E-state index contributed by atoms with van der Waals surface area (Å²) in [5.41, 5.74) is 2.03. The summed E-state index contributed by atoms with van der Waals surface area (Å²) in [5.74, 6) is -0.958. The van der Waals surface area contributed by atoms with Crippen molar-refractivity contribution in [3.05, 3.63) is 59.9 Å². The SMILES string of the molecule is CCN(CC(=O)NCc1ccc(F)cc1)CC(=O)Nc1ccc(NC(C)=O)cc1. The normalized spacial score (nSPS) is 10.5. The molecule has 2 aromatic rings. The number of carbonyl (C=O) groups is 3. The fourth-order valence-corrected chi connectivity index (χ4v) is 2.59. The van der Waals surface area contributed by atoms with Crippen LogP contribution in [0.5, 0.6) is 0 Å². The molecule has 8 heteroatoms. The molecule has 0 radical (unpaired) electrons. The summed E-state index contributed by atoms with van der Waals surface area (Å²) in [6, 6.07) is 12.7. The van der Waals surface area contributed by atoms with Gasteiger partial charge in [0.25, 0.3) is 0 Å². The van der Waals surface area contributed by atoms with Gasteiger partial charge in [0.05, 0.1) is 13.1 Å². The number of carbonyl (C=O) groups excluding carboxylic acids is 3. The Kier molecular flexibility index (Phi) is 8.29. The zero-order valence-electron chi connectivity index (χ0n) is 16.5. The van der Waals surface area contributed by atoms with E-state index >= 15 is 0 Å². The summed E-state index contributed by atoms with van der Waals surface area (Å²) in [7, 11) is 0. The van der Waals surface area contributed by atoms with Gasteiger partial charge in [-0.2, -0.15) is 0 Å². The van der Waals surface area contributed by atoms with E-state index in [1.165, 1.54) is 19.1 Å². The van der Waals surface area contributed by atoms with Gasteiger partial charge in [0.1, 0.15) is 5.82 Å². The third-order valence-electron chi connectivity index (χ3n) is 4.07. The minimum Gasteiger partial charge on any atom is -0.351 e. The van der Waals surface area contributed by atoms with Crippen molar-refractivity contribution in [2.45, 2.75) is 20.4 Å². The van der Waals surface area contributed by atoms with Crippen LogP contribution < -0.4 is 16.0 Å². The van der Waals surface area contributed by atoms with Crippen molar-refractivity contribution in [2.24, 2.45) is 0 Å². The van der Waals surface area contributed by atoms with Gasteiger partial charge in [-0.25, -0.2) is 4.39 Å². The smallest absolute Gasteiger partial charge is 0.238 e. The molecule has 0 aromatic heterocycles. The fraction of sp³-hybridized carbons (Fsp3) is 0.286. The monoisotopic (exact) mass is 400 g/mol. The van der Waals surface area contributed by atoms with Gasteiger partial charge < -0.3 is 16.0 Å². The molecule has 0 saturated carbocycles. The van der Waals surface area contributed by atoms with Crippen LogP contribution in [-0.2, 0) is 20.9 Å². The summed E-state index contributed by atoms with van der Waals surface area (Å²) < 4.78 is 12.9. The van der Waals surface area contributed by atoms with Crippen LogP contribution in [-0.4, -0.2) is 42.3 Å². The molecule has 0 saturated heterocycles. The molecular weight excluding hydrogens is 375 g/mol. The zero-order valence-corrected chi connectivity index (χ0v) is 16.5. The highest BCUT2D eigenvalue weighted by molar-refractivity contribution is 5.93. The number of benzene rings is 2. The van der Waals surface area contributed by atoms with E-state index in [9.17, 15) is 18.8 Å². The number of amides is 3. The molecule has 0 unspecified atom stereocenters. The first-order chi connectivity index (χ1) is 13.9. The first-order valence-corrected chi connectivity index (χ1v) is 9.26. The molecule has 0 atom stereocenters. The van der Waals surface area contributed by atoms with E-state index in [1.54, 1.807) is 41.3 Å². The van der Waals surface area contributed by atoms with Gasteiger partial charge in [0.15, 0.2) is 0 Å². The highest BCUT2D eigenvalue weighted by atomic mass is 19.1. The Morgan fingerprint density at radius 2 is 1.41 bits per heavy atom. The number of rotatable bonds is 9. The van der Waals surface area contributed by atoms with E-state index in [0.717, 1.165) is 5.56 Å². The van der Waals surface area contributed by atoms with Gasteiger partial charge >= 0.3 is 0 Å². The minimum absolute atomic E-state index is 0.0634. The first kappa shape index (κ1) is 22.0. The van der Waals surface area contributed by atoms with E-state index in [1.807, 2.05) is 6.92 Å². The molecule has 0 aliphatic rings. The predicted octanol–water partition coefficient (Wildman–Crippen LogP) is 2.36. The topological polar surface area (TPSA) is 90.5 Å². The maximum absolute atomic E-state index is 12.9. The average molecular weight is 400 g/mol. The second kappa shape index (κ2) is 10.9. The number of likely N-dealkylation sites (N-methyl/N-ethyl adjacent to an activating group) is 1. The van der Waals surface area contributed by atoms with Gasteiger partial charge in [0.2, 0.25) is 17.7 Å². The highest BCUT2D eigenvalue weighted by Gasteiger charge is 2.13. The van der Waals surface area contributed by atoms with E-state index in [2.05, 4.69) is 16.0 Å². The molecule has 3 amide bonds. The van der Waals surface area contributed by atoms with Crippen LogP contribution in [0.2, 0.25) is 0 Å². The number of anilines is 2. The Balaban J connectivity index is 1.78. The largest absolute Gasteiger partial charge is 0.351 e. The van der Waals surface area contributed by atoms with Crippen molar-refractivity contribution >= 4 is 29.1 Å². The fourth-order valence-electron chi connectivity index (χ4n) is 2.59. The van der Waals surface area contributed by atoms with Gasteiger partial charge in [-0.15, -0.1) is 0 Å². The zero-order chi connectivity index (χ0) is 21.2. The second-order valence-corrected chi connectivity index (χ2v) is 6.51. The van der Waals surface area contributed by atoms with Gasteiger partial charge in [0, 0.05) is 24.8 Å². The summed E-state index contributed by atoms with van der Waals surface area (Å²) >= 11 is 0. The molecule has 2 aromatic carbocycles. The molecule has 29 heavy (non-hydrogen) atoms. The Hall–Kier alpha value is -3.26. The van der Waals surface area contributed by atoms with Crippen LogP contribution >= 0.6 is 0 Å². The second-order valence-electron chi connectivity index (χ2n) is 6.51. The van der Waals surface area contributed by atoms with Gasteiger partial charge in [-0.05, 0) is 48.5 Å². The molecule has 0 fully saturated rings. The number of hydrogen-bond acceptors (Lipinski definition) is 4. The Morgan fingerprint density at radius 3 is 1.97 bits per heavy atom. The molecule has 2 rings (SSSR count). The molecule has 0 bridgehead atoms. The van der Waals surface area contributed by atoms with Crippen LogP contribution in [0.3, 0.4) is 0 Å². The van der Waals surface area contributed by atoms with E-state index in [0.29, 0.717) is 24.5 Å². The highest BCUT2D eigenvalue weighted by Crippen LogP contribution is 2.13. The molecule has 0 aliphatic heterocycles. The van der Waals surface area contributed by atoms with Crippen molar-refractivity contribution in [1.82, 2.24) is 10.2 Å². The lowest BCUT2D eigenvalue weighted by Gasteiger charge is -2.19. The first-order valence-electron chi connectivity index (χ1n) is 9.26. The van der Waals surface area contributed by atoms with Gasteiger partial charge in [-0.1, -0.05) is 19.1 Å². The van der Waals surface area contributed by atoms with E-state index in [-0.39, 0.29) is 36.6 Å². The Bertz CT molecular complexity index is 838. The number of halogens is 1. The lowest BCUT2D eigenvalue weighted by atomic mass is 10.2. The maximum Gasteiger partial charge on any atom is 0.238 e. The Labute approximate surface area is 169 Å². The molecule has 154 valence electrons. The minimum atomic E-state index is -0.326. The molecule has 3 N–H and O–H groups in total. The molecule has 7 nitrogen and oxygen atoms in total. The van der Waals surface area contributed by atoms with E-state index < -0.39 is 0 Å². The van der Waals surface area contributed by atoms with Gasteiger partial charge in [-0.3, -0.25) is 19.3 Å². The van der Waals surface area contributed by atoms with Crippen LogP contribution in [0.25, 0.3) is 0 Å². The van der Waals surface area contributed by atoms with Crippen molar-refractivity contribution in [3.63, 3.8) is 0 Å². The van der Waals surface area contributed by atoms with Crippen molar-refractivity contribution < 1.29 is 18.8 Å². The lowest BCUT2D eigenvalue weighted by molar-refractivity contribution is -0.123. The van der Waals surface area contributed by atoms with Crippen molar-refractivity contribution in [3.8, 4) is 0 Å². The molecule has 0 heterocycles. The third-order valence-corrected chi connectivity index (χ3v) is 4.07. The molecular formula is C21H25FN4O3. The number of nitrogens with one attached hydrogen (secondary N) is 3. The quantitative estimate of drug-likeness (QED) is 0.603. The molecule has 0 spiro atoms. The number of nitrogens with zero attached hydrogens (tertiary/aromatic N) is 1.